The number of fused-ring (bicyclic) bond motifs is 4. The summed E-state index contributed by atoms with van der Waals surface area (Å²) in [5.74, 6) is 2.00. The van der Waals surface area contributed by atoms with Crippen molar-refractivity contribution in [2.75, 3.05) is 9.80 Å². The average Bonchev–Trinajstić information content (AvgIpc) is 3.62. The Labute approximate surface area is 215 Å². The summed E-state index contributed by atoms with van der Waals surface area (Å²) in [6.45, 7) is -0.0661. The van der Waals surface area contributed by atoms with E-state index in [1.54, 1.807) is 0 Å². The van der Waals surface area contributed by atoms with Crippen LogP contribution in [0.25, 0.3) is 11.3 Å². The van der Waals surface area contributed by atoms with E-state index in [4.69, 9.17) is 4.42 Å². The number of aromatic nitrogens is 1. The molecule has 5 heteroatoms. The first-order valence-corrected chi connectivity index (χ1v) is 12.6. The van der Waals surface area contributed by atoms with Crippen molar-refractivity contribution in [1.82, 2.24) is 4.48 Å². The topological polar surface area (TPSA) is 24.6 Å². The van der Waals surface area contributed by atoms with Crippen molar-refractivity contribution < 1.29 is 4.42 Å². The van der Waals surface area contributed by atoms with Gasteiger partial charge in [-0.05, 0) is 54.7 Å². The number of anilines is 6. The molecule has 0 spiro atoms. The molecule has 4 nitrogen and oxygen atoms in total. The second-order valence-electron chi connectivity index (χ2n) is 9.45. The fourth-order valence-corrected chi connectivity index (χ4v) is 5.87. The van der Waals surface area contributed by atoms with Gasteiger partial charge in [-0.15, -0.1) is 0 Å². The Kier molecular flexibility index (Phi) is 4.28. The molecule has 0 aliphatic carbocycles. The molecule has 174 valence electrons. The third-order valence-corrected chi connectivity index (χ3v) is 7.40. The number of benzene rings is 4. The lowest BCUT2D eigenvalue weighted by atomic mass is 9.49. The highest BCUT2D eigenvalue weighted by atomic mass is 16.3. The molecule has 0 unspecified atom stereocenters. The van der Waals surface area contributed by atoms with Crippen LogP contribution in [0, 0.1) is 0 Å². The first-order valence-electron chi connectivity index (χ1n) is 12.6. The van der Waals surface area contributed by atoms with Gasteiger partial charge in [0.1, 0.15) is 17.2 Å². The van der Waals surface area contributed by atoms with Crippen molar-refractivity contribution in [3.05, 3.63) is 134 Å². The average molecular weight is 475 g/mol. The minimum Gasteiger partial charge on any atom is -0.466 e. The van der Waals surface area contributed by atoms with Crippen LogP contribution >= 0.6 is 0 Å². The molecule has 2 aromatic heterocycles. The molecule has 0 amide bonds. The zero-order valence-electron chi connectivity index (χ0n) is 20.0. The molecule has 4 heterocycles. The molecular formula is C32H22BN3O. The van der Waals surface area contributed by atoms with Gasteiger partial charge in [0, 0.05) is 39.8 Å². The lowest BCUT2D eigenvalue weighted by molar-refractivity contribution is 0.613. The Morgan fingerprint density at radius 3 is 1.86 bits per heavy atom. The minimum absolute atomic E-state index is 0.0661. The molecule has 4 aromatic carbocycles. The molecule has 0 atom stereocenters. The van der Waals surface area contributed by atoms with Gasteiger partial charge in [0.25, 0.3) is 0 Å². The third kappa shape index (κ3) is 2.91. The lowest BCUT2D eigenvalue weighted by Crippen LogP contribution is -2.57. The van der Waals surface area contributed by atoms with E-state index in [0.29, 0.717) is 0 Å². The summed E-state index contributed by atoms with van der Waals surface area (Å²) in [5.41, 5.74) is 8.92. The van der Waals surface area contributed by atoms with Gasteiger partial charge in [0.05, 0.1) is 5.69 Å². The normalized spacial score (nSPS) is 13.2. The number of hydrogen-bond donors (Lipinski definition) is 0. The third-order valence-electron chi connectivity index (χ3n) is 7.40. The summed E-state index contributed by atoms with van der Waals surface area (Å²) in [4.78, 5) is 4.70. The predicted molar refractivity (Wildman–Crippen MR) is 152 cm³/mol. The maximum Gasteiger partial charge on any atom is 0.378 e. The highest BCUT2D eigenvalue weighted by Crippen LogP contribution is 2.45. The Morgan fingerprint density at radius 2 is 1.16 bits per heavy atom. The largest absolute Gasteiger partial charge is 0.466 e. The van der Waals surface area contributed by atoms with Gasteiger partial charge >= 0.3 is 6.85 Å². The fraction of sp³-hybridized carbons (Fsp3) is 0. The maximum atomic E-state index is 6.78. The van der Waals surface area contributed by atoms with E-state index < -0.39 is 0 Å². The minimum atomic E-state index is -0.0661. The molecule has 0 saturated carbocycles. The zero-order chi connectivity index (χ0) is 24.3. The fourth-order valence-electron chi connectivity index (χ4n) is 5.87. The summed E-state index contributed by atoms with van der Waals surface area (Å²) in [7, 11) is 0. The summed E-state index contributed by atoms with van der Waals surface area (Å²) in [6.07, 6.45) is 2.17. The van der Waals surface area contributed by atoms with E-state index in [1.807, 2.05) is 6.07 Å². The maximum absolute atomic E-state index is 6.78. The Morgan fingerprint density at radius 1 is 0.541 bits per heavy atom. The van der Waals surface area contributed by atoms with Crippen molar-refractivity contribution in [1.29, 1.82) is 0 Å². The first kappa shape index (κ1) is 20.3. The van der Waals surface area contributed by atoms with Crippen LogP contribution in [-0.4, -0.2) is 11.3 Å². The molecule has 0 fully saturated rings. The van der Waals surface area contributed by atoms with Gasteiger partial charge in [0.2, 0.25) is 0 Å². The van der Waals surface area contributed by atoms with Crippen molar-refractivity contribution >= 4 is 52.2 Å². The quantitative estimate of drug-likeness (QED) is 0.258. The zero-order valence-corrected chi connectivity index (χ0v) is 20.0. The van der Waals surface area contributed by atoms with E-state index in [1.165, 1.54) is 16.8 Å². The predicted octanol–water partition coefficient (Wildman–Crippen LogP) is 6.97. The van der Waals surface area contributed by atoms with Crippen LogP contribution in [0.3, 0.4) is 0 Å². The van der Waals surface area contributed by atoms with E-state index in [0.717, 1.165) is 39.9 Å². The summed E-state index contributed by atoms with van der Waals surface area (Å²) >= 11 is 0. The van der Waals surface area contributed by atoms with E-state index in [-0.39, 0.29) is 6.85 Å². The Bertz CT molecular complexity index is 1740. The molecule has 6 aromatic rings. The first-order chi connectivity index (χ1) is 18.4. The van der Waals surface area contributed by atoms with Crippen LogP contribution in [0.4, 0.5) is 34.3 Å². The van der Waals surface area contributed by atoms with Crippen molar-refractivity contribution in [3.8, 4) is 11.3 Å². The number of para-hydroxylation sites is 2. The van der Waals surface area contributed by atoms with Gasteiger partial charge in [0.15, 0.2) is 0 Å². The number of nitrogens with zero attached hydrogens (tertiary/aromatic N) is 3. The Hall–Kier alpha value is -4.90. The molecule has 2 aliphatic heterocycles. The van der Waals surface area contributed by atoms with E-state index >= 15 is 0 Å². The van der Waals surface area contributed by atoms with Crippen molar-refractivity contribution in [2.45, 2.75) is 0 Å². The summed E-state index contributed by atoms with van der Waals surface area (Å²) in [6, 6.07) is 44.7. The van der Waals surface area contributed by atoms with Gasteiger partial charge in [-0.1, -0.05) is 72.8 Å². The molecule has 0 radical (unpaired) electrons. The van der Waals surface area contributed by atoms with Crippen LogP contribution in [-0.2, 0) is 0 Å². The van der Waals surface area contributed by atoms with Gasteiger partial charge in [-0.2, -0.15) is 0 Å². The second kappa shape index (κ2) is 7.80. The van der Waals surface area contributed by atoms with Gasteiger partial charge in [-0.25, -0.2) is 0 Å². The summed E-state index contributed by atoms with van der Waals surface area (Å²) < 4.78 is 9.12. The molecule has 37 heavy (non-hydrogen) atoms. The summed E-state index contributed by atoms with van der Waals surface area (Å²) in [5, 5.41) is 0. The smallest absolute Gasteiger partial charge is 0.378 e. The monoisotopic (exact) mass is 475 g/mol. The van der Waals surface area contributed by atoms with Crippen LogP contribution in [0.2, 0.25) is 0 Å². The molecule has 0 bridgehead atoms. The van der Waals surface area contributed by atoms with E-state index in [9.17, 15) is 0 Å². The number of rotatable bonds is 3. The van der Waals surface area contributed by atoms with Crippen molar-refractivity contribution in [2.24, 2.45) is 0 Å². The molecule has 2 aliphatic rings. The number of furan rings is 1. The van der Waals surface area contributed by atoms with Crippen LogP contribution < -0.4 is 20.9 Å². The van der Waals surface area contributed by atoms with Crippen molar-refractivity contribution in [3.63, 3.8) is 0 Å². The highest BCUT2D eigenvalue weighted by molar-refractivity contribution is 6.88. The lowest BCUT2D eigenvalue weighted by Gasteiger charge is -2.41. The van der Waals surface area contributed by atoms with Gasteiger partial charge in [-0.3, -0.25) is 4.90 Å². The Balaban J connectivity index is 1.44. The van der Waals surface area contributed by atoms with Gasteiger partial charge < -0.3 is 13.8 Å². The molecule has 0 N–H and O–H groups in total. The standard InChI is InChI=1S/C32H22BN3O/c1-4-12-23(13-5-1)29-22-28-32(37-29)33-31-26(35(28)24-14-6-2-7-15-24)18-10-19-27(31)36(25-16-8-3-9-17-25)30-20-11-21-34(30)33/h1-22H. The van der Waals surface area contributed by atoms with Crippen LogP contribution in [0.15, 0.2) is 138 Å². The van der Waals surface area contributed by atoms with Crippen LogP contribution in [0.5, 0.6) is 0 Å². The molecule has 8 rings (SSSR count). The molecular weight excluding hydrogens is 453 g/mol. The van der Waals surface area contributed by atoms with Crippen LogP contribution in [0.1, 0.15) is 0 Å². The second-order valence-corrected chi connectivity index (χ2v) is 9.45. The SMILES string of the molecule is c1ccc(-c2cc3c(o2)B2c4c(cccc4N(c4ccccc4)c4cccn42)N3c2ccccc2)cc1. The van der Waals surface area contributed by atoms with E-state index in [2.05, 4.69) is 142 Å². The molecule has 0 saturated heterocycles. The highest BCUT2D eigenvalue weighted by Gasteiger charge is 2.46. The number of hydrogen-bond acceptors (Lipinski definition) is 3.